The Labute approximate surface area is 169 Å². The fraction of sp³-hybridized carbons (Fsp3) is 0.350. The quantitative estimate of drug-likeness (QED) is 0.709. The first-order valence-corrected chi connectivity index (χ1v) is 9.46. The lowest BCUT2D eigenvalue weighted by Crippen LogP contribution is -2.32. The molecule has 1 aliphatic heterocycles. The van der Waals surface area contributed by atoms with Gasteiger partial charge in [0.2, 0.25) is 0 Å². The van der Waals surface area contributed by atoms with Gasteiger partial charge in [0.25, 0.3) is 0 Å². The predicted molar refractivity (Wildman–Crippen MR) is 110 cm³/mol. The summed E-state index contributed by atoms with van der Waals surface area (Å²) in [7, 11) is 4.27. The maximum absolute atomic E-state index is 8.79. The van der Waals surface area contributed by atoms with Crippen LogP contribution in [0.4, 0.5) is 17.3 Å². The summed E-state index contributed by atoms with van der Waals surface area (Å²) in [6.45, 7) is 3.28. The van der Waals surface area contributed by atoms with Gasteiger partial charge in [-0.3, -0.25) is 4.57 Å². The maximum atomic E-state index is 8.79. The molecule has 9 nitrogen and oxygen atoms in total. The zero-order chi connectivity index (χ0) is 20.4. The van der Waals surface area contributed by atoms with E-state index in [0.29, 0.717) is 23.7 Å². The van der Waals surface area contributed by atoms with Gasteiger partial charge in [0.15, 0.2) is 5.69 Å². The molecule has 2 atom stereocenters. The summed E-state index contributed by atoms with van der Waals surface area (Å²) in [6.07, 6.45) is 9.53. The summed E-state index contributed by atoms with van der Waals surface area (Å²) in [4.78, 5) is 21.8. The van der Waals surface area contributed by atoms with Crippen molar-refractivity contribution < 1.29 is 0 Å². The average Bonchev–Trinajstić information content (AvgIpc) is 3.35. The van der Waals surface area contributed by atoms with Gasteiger partial charge in [-0.15, -0.1) is 0 Å². The van der Waals surface area contributed by atoms with E-state index >= 15 is 0 Å². The highest BCUT2D eigenvalue weighted by molar-refractivity contribution is 5.52. The molecule has 9 heteroatoms. The first kappa shape index (κ1) is 18.8. The van der Waals surface area contributed by atoms with E-state index in [-0.39, 0.29) is 5.69 Å². The molecule has 0 bridgehead atoms. The van der Waals surface area contributed by atoms with Crippen LogP contribution in [0.5, 0.6) is 0 Å². The van der Waals surface area contributed by atoms with Crippen LogP contribution in [0.15, 0.2) is 43.2 Å². The minimum absolute atomic E-state index is 0.273. The van der Waals surface area contributed by atoms with Crippen LogP contribution in [0, 0.1) is 11.3 Å². The van der Waals surface area contributed by atoms with E-state index in [1.165, 1.54) is 12.4 Å². The molecule has 1 fully saturated rings. The zero-order valence-corrected chi connectivity index (χ0v) is 16.7. The molecule has 4 heterocycles. The summed E-state index contributed by atoms with van der Waals surface area (Å²) in [5.41, 5.74) is 1.41. The highest BCUT2D eigenvalue weighted by Gasteiger charge is 2.30. The Morgan fingerprint density at radius 3 is 2.59 bits per heavy atom. The second kappa shape index (κ2) is 7.85. The maximum Gasteiger partial charge on any atom is 0.158 e. The monoisotopic (exact) mass is 389 g/mol. The van der Waals surface area contributed by atoms with Crippen LogP contribution in [0.1, 0.15) is 19.0 Å². The molecule has 1 N–H and O–H groups in total. The van der Waals surface area contributed by atoms with E-state index in [0.717, 1.165) is 24.5 Å². The fourth-order valence-corrected chi connectivity index (χ4v) is 3.53. The molecular weight excluding hydrogens is 366 g/mol. The van der Waals surface area contributed by atoms with Crippen molar-refractivity contribution in [1.82, 2.24) is 29.4 Å². The van der Waals surface area contributed by atoms with Gasteiger partial charge in [-0.05, 0) is 39.6 Å². The third kappa shape index (κ3) is 4.02. The lowest BCUT2D eigenvalue weighted by molar-refractivity contribution is 0.311. The van der Waals surface area contributed by atoms with Gasteiger partial charge in [0, 0.05) is 18.6 Å². The molecule has 0 spiro atoms. The Hall–Kier alpha value is -3.51. The molecule has 0 amide bonds. The van der Waals surface area contributed by atoms with Crippen molar-refractivity contribution in [3.05, 3.63) is 48.9 Å². The van der Waals surface area contributed by atoms with Gasteiger partial charge in [0.05, 0.1) is 30.5 Å². The molecule has 1 aliphatic rings. The van der Waals surface area contributed by atoms with E-state index in [9.17, 15) is 0 Å². The second-order valence-electron chi connectivity index (χ2n) is 7.42. The number of pyridine rings is 1. The van der Waals surface area contributed by atoms with Crippen LogP contribution in [-0.4, -0.2) is 62.1 Å². The first-order valence-electron chi connectivity index (χ1n) is 9.46. The molecule has 0 saturated carbocycles. The highest BCUT2D eigenvalue weighted by Crippen LogP contribution is 2.27. The van der Waals surface area contributed by atoms with Crippen molar-refractivity contribution in [2.24, 2.45) is 0 Å². The standard InChI is InChI=1S/C20H23N9/c1-14-6-17(27(2)3)11-29(14)16-4-5-20(24-9-16)28-12-19(25-13-28)26-18-10-22-15(7-21)8-23-18/h4-5,8-10,12-14,17H,6,11H2,1-3H3,(H,23,26). The summed E-state index contributed by atoms with van der Waals surface area (Å²) in [5.74, 6) is 1.93. The molecule has 0 aromatic carbocycles. The van der Waals surface area contributed by atoms with Crippen LogP contribution in [0.25, 0.3) is 5.82 Å². The lowest BCUT2D eigenvalue weighted by Gasteiger charge is -2.24. The number of rotatable bonds is 5. The van der Waals surface area contributed by atoms with Crippen LogP contribution < -0.4 is 10.2 Å². The Morgan fingerprint density at radius 1 is 1.10 bits per heavy atom. The summed E-state index contributed by atoms with van der Waals surface area (Å²) in [6, 6.07) is 7.11. The number of imidazole rings is 1. The van der Waals surface area contributed by atoms with E-state index in [2.05, 4.69) is 62.1 Å². The number of hydrogen-bond acceptors (Lipinski definition) is 8. The number of hydrogen-bond donors (Lipinski definition) is 1. The molecule has 3 aromatic heterocycles. The van der Waals surface area contributed by atoms with E-state index in [1.807, 2.05) is 29.1 Å². The number of nitrogens with zero attached hydrogens (tertiary/aromatic N) is 8. The van der Waals surface area contributed by atoms with Gasteiger partial charge in [-0.25, -0.2) is 19.9 Å². The Kier molecular flexibility index (Phi) is 5.10. The summed E-state index contributed by atoms with van der Waals surface area (Å²) >= 11 is 0. The number of nitriles is 1. The Balaban J connectivity index is 1.45. The van der Waals surface area contributed by atoms with Gasteiger partial charge in [-0.1, -0.05) is 0 Å². The van der Waals surface area contributed by atoms with E-state index in [1.54, 1.807) is 6.33 Å². The lowest BCUT2D eigenvalue weighted by atomic mass is 10.2. The summed E-state index contributed by atoms with van der Waals surface area (Å²) in [5, 5.41) is 11.9. The van der Waals surface area contributed by atoms with Gasteiger partial charge < -0.3 is 15.1 Å². The molecule has 148 valence electrons. The van der Waals surface area contributed by atoms with Crippen molar-refractivity contribution in [2.45, 2.75) is 25.4 Å². The first-order chi connectivity index (χ1) is 14.0. The van der Waals surface area contributed by atoms with Crippen molar-refractivity contribution in [3.8, 4) is 11.9 Å². The normalized spacial score (nSPS) is 18.8. The zero-order valence-electron chi connectivity index (χ0n) is 16.7. The van der Waals surface area contributed by atoms with E-state index in [4.69, 9.17) is 5.26 Å². The molecule has 1 saturated heterocycles. The molecule has 3 aromatic rings. The predicted octanol–water partition coefficient (Wildman–Crippen LogP) is 2.20. The molecule has 4 rings (SSSR count). The molecule has 0 aliphatic carbocycles. The minimum Gasteiger partial charge on any atom is -0.366 e. The number of likely N-dealkylation sites (N-methyl/N-ethyl adjacent to an activating group) is 1. The number of aromatic nitrogens is 5. The molecule has 29 heavy (non-hydrogen) atoms. The Morgan fingerprint density at radius 2 is 1.97 bits per heavy atom. The topological polar surface area (TPSA) is 98.8 Å². The average molecular weight is 389 g/mol. The van der Waals surface area contributed by atoms with E-state index < -0.39 is 0 Å². The highest BCUT2D eigenvalue weighted by atomic mass is 15.3. The van der Waals surface area contributed by atoms with Crippen molar-refractivity contribution in [3.63, 3.8) is 0 Å². The van der Waals surface area contributed by atoms with Crippen LogP contribution in [0.2, 0.25) is 0 Å². The van der Waals surface area contributed by atoms with Gasteiger partial charge in [-0.2, -0.15) is 5.26 Å². The second-order valence-corrected chi connectivity index (χ2v) is 7.42. The fourth-order valence-electron chi connectivity index (χ4n) is 3.53. The van der Waals surface area contributed by atoms with Crippen molar-refractivity contribution in [2.75, 3.05) is 30.9 Å². The number of nitrogens with one attached hydrogen (secondary N) is 1. The molecule has 2 unspecified atom stereocenters. The van der Waals surface area contributed by atoms with Gasteiger partial charge >= 0.3 is 0 Å². The molecule has 0 radical (unpaired) electrons. The molecular formula is C20H23N9. The van der Waals surface area contributed by atoms with Crippen molar-refractivity contribution in [1.29, 1.82) is 5.26 Å². The van der Waals surface area contributed by atoms with Crippen LogP contribution in [-0.2, 0) is 0 Å². The summed E-state index contributed by atoms with van der Waals surface area (Å²) < 4.78 is 1.85. The third-order valence-corrected chi connectivity index (χ3v) is 5.22. The van der Waals surface area contributed by atoms with Crippen LogP contribution >= 0.6 is 0 Å². The largest absolute Gasteiger partial charge is 0.366 e. The SMILES string of the molecule is CC1CC(N(C)C)CN1c1ccc(-n2cnc(Nc3cnc(C#N)cn3)c2)nc1. The third-order valence-electron chi connectivity index (χ3n) is 5.22. The minimum atomic E-state index is 0.273. The number of anilines is 3. The van der Waals surface area contributed by atoms with Gasteiger partial charge in [0.1, 0.15) is 29.9 Å². The van der Waals surface area contributed by atoms with Crippen LogP contribution in [0.3, 0.4) is 0 Å². The Bertz CT molecular complexity index is 1000. The smallest absolute Gasteiger partial charge is 0.158 e. The van der Waals surface area contributed by atoms with Crippen molar-refractivity contribution >= 4 is 17.3 Å².